The van der Waals surface area contributed by atoms with Crippen LogP contribution in [0.2, 0.25) is 20.1 Å². The Hall–Kier alpha value is -1.11. The second-order valence-corrected chi connectivity index (χ2v) is 5.49. The van der Waals surface area contributed by atoms with E-state index in [9.17, 15) is 0 Å². The molecule has 0 amide bonds. The molecule has 0 unspecified atom stereocenters. The van der Waals surface area contributed by atoms with E-state index in [1.165, 1.54) is 6.07 Å². The van der Waals surface area contributed by atoms with E-state index < -0.39 is 0 Å². The van der Waals surface area contributed by atoms with Crippen molar-refractivity contribution in [1.29, 1.82) is 5.26 Å². The number of halogens is 4. The molecule has 0 atom stereocenters. The van der Waals surface area contributed by atoms with Crippen molar-refractivity contribution in [3.8, 4) is 11.8 Å². The van der Waals surface area contributed by atoms with Crippen molar-refractivity contribution in [2.45, 2.75) is 6.61 Å². The third kappa shape index (κ3) is 3.31. The first-order valence-electron chi connectivity index (χ1n) is 5.47. The van der Waals surface area contributed by atoms with E-state index in [1.807, 2.05) is 6.07 Å². The van der Waals surface area contributed by atoms with Crippen molar-refractivity contribution in [1.82, 2.24) is 0 Å². The predicted molar refractivity (Wildman–Crippen MR) is 82.0 cm³/mol. The lowest BCUT2D eigenvalue weighted by Gasteiger charge is -2.11. The zero-order valence-corrected chi connectivity index (χ0v) is 13.0. The van der Waals surface area contributed by atoms with Gasteiger partial charge >= 0.3 is 0 Å². The fourth-order valence-corrected chi connectivity index (χ4v) is 2.40. The summed E-state index contributed by atoms with van der Waals surface area (Å²) in [5, 5.41) is 10.7. The molecular weight excluding hydrogens is 340 g/mol. The summed E-state index contributed by atoms with van der Waals surface area (Å²) in [5.41, 5.74) is 0.909. The number of benzene rings is 2. The van der Waals surface area contributed by atoms with Crippen LogP contribution in [-0.4, -0.2) is 0 Å². The van der Waals surface area contributed by atoms with Gasteiger partial charge in [0.25, 0.3) is 0 Å². The molecule has 0 bridgehead atoms. The zero-order chi connectivity index (χ0) is 14.7. The molecule has 0 fully saturated rings. The molecule has 0 saturated carbocycles. The fraction of sp³-hybridized carbons (Fsp3) is 0.0714. The van der Waals surface area contributed by atoms with Crippen molar-refractivity contribution in [2.75, 3.05) is 0 Å². The molecule has 0 aliphatic heterocycles. The third-order valence-corrected chi connectivity index (χ3v) is 4.01. The SMILES string of the molecule is N#Cc1cc(Cl)ccc1OCc1c(Cl)ccc(Cl)c1Cl. The molecular formula is C14H7Cl4NO. The molecule has 0 aliphatic carbocycles. The smallest absolute Gasteiger partial charge is 0.137 e. The van der Waals surface area contributed by atoms with Crippen LogP contribution in [-0.2, 0) is 6.61 Å². The molecule has 2 rings (SSSR count). The van der Waals surface area contributed by atoms with Crippen LogP contribution in [0.5, 0.6) is 5.75 Å². The van der Waals surface area contributed by atoms with E-state index in [0.29, 0.717) is 37.0 Å². The van der Waals surface area contributed by atoms with E-state index in [0.717, 1.165) is 0 Å². The molecule has 20 heavy (non-hydrogen) atoms. The number of nitrogens with zero attached hydrogens (tertiary/aromatic N) is 1. The lowest BCUT2D eigenvalue weighted by atomic mass is 10.2. The Morgan fingerprint density at radius 2 is 1.70 bits per heavy atom. The maximum atomic E-state index is 9.03. The highest BCUT2D eigenvalue weighted by Gasteiger charge is 2.12. The first kappa shape index (κ1) is 15.3. The molecule has 0 spiro atoms. The molecule has 2 nitrogen and oxygen atoms in total. The van der Waals surface area contributed by atoms with E-state index >= 15 is 0 Å². The summed E-state index contributed by atoms with van der Waals surface area (Å²) in [6.45, 7) is 0.106. The zero-order valence-electron chi connectivity index (χ0n) is 9.96. The Kier molecular flexibility index (Phi) is 5.01. The Morgan fingerprint density at radius 3 is 2.40 bits per heavy atom. The molecule has 102 valence electrons. The minimum Gasteiger partial charge on any atom is -0.487 e. The van der Waals surface area contributed by atoms with Gasteiger partial charge < -0.3 is 4.74 Å². The molecule has 6 heteroatoms. The number of hydrogen-bond acceptors (Lipinski definition) is 2. The van der Waals surface area contributed by atoms with Crippen LogP contribution in [0.15, 0.2) is 30.3 Å². The van der Waals surface area contributed by atoms with Gasteiger partial charge in [0.2, 0.25) is 0 Å². The molecule has 0 aromatic heterocycles. The van der Waals surface area contributed by atoms with E-state index in [-0.39, 0.29) is 6.61 Å². The predicted octanol–water partition coefficient (Wildman–Crippen LogP) is 5.75. The van der Waals surface area contributed by atoms with Gasteiger partial charge in [-0.1, -0.05) is 46.4 Å². The Labute approximate surface area is 136 Å². The van der Waals surface area contributed by atoms with Gasteiger partial charge in [-0.05, 0) is 30.3 Å². The van der Waals surface area contributed by atoms with Gasteiger partial charge in [-0.2, -0.15) is 5.26 Å². The summed E-state index contributed by atoms with van der Waals surface area (Å²) in [4.78, 5) is 0. The van der Waals surface area contributed by atoms with Crippen LogP contribution >= 0.6 is 46.4 Å². The first-order valence-corrected chi connectivity index (χ1v) is 6.99. The Morgan fingerprint density at radius 1 is 1.00 bits per heavy atom. The lowest BCUT2D eigenvalue weighted by Crippen LogP contribution is -1.99. The van der Waals surface area contributed by atoms with Gasteiger partial charge in [-0.25, -0.2) is 0 Å². The number of nitriles is 1. The number of hydrogen-bond donors (Lipinski definition) is 0. The van der Waals surface area contributed by atoms with E-state index in [2.05, 4.69) is 0 Å². The number of rotatable bonds is 3. The quantitative estimate of drug-likeness (QED) is 0.663. The Bertz CT molecular complexity index is 694. The van der Waals surface area contributed by atoms with E-state index in [4.69, 9.17) is 56.4 Å². The van der Waals surface area contributed by atoms with Crippen LogP contribution in [0.25, 0.3) is 0 Å². The summed E-state index contributed by atoms with van der Waals surface area (Å²) >= 11 is 23.9. The summed E-state index contributed by atoms with van der Waals surface area (Å²) in [7, 11) is 0. The lowest BCUT2D eigenvalue weighted by molar-refractivity contribution is 0.305. The second kappa shape index (κ2) is 6.56. The van der Waals surface area contributed by atoms with Crippen molar-refractivity contribution >= 4 is 46.4 Å². The van der Waals surface area contributed by atoms with Crippen LogP contribution in [0.4, 0.5) is 0 Å². The molecule has 0 aliphatic rings. The summed E-state index contributed by atoms with van der Waals surface area (Å²) in [6, 6.07) is 10.0. The standard InChI is InChI=1S/C14H7Cl4NO/c15-9-1-4-13(8(5-9)6-19)20-7-10-11(16)2-3-12(17)14(10)18/h1-5H,7H2. The van der Waals surface area contributed by atoms with Crippen LogP contribution in [0.3, 0.4) is 0 Å². The summed E-state index contributed by atoms with van der Waals surface area (Å²) in [6.07, 6.45) is 0. The van der Waals surface area contributed by atoms with Crippen molar-refractivity contribution in [2.24, 2.45) is 0 Å². The van der Waals surface area contributed by atoms with Crippen molar-refractivity contribution in [3.63, 3.8) is 0 Å². The Balaban J connectivity index is 2.26. The van der Waals surface area contributed by atoms with Crippen LogP contribution in [0.1, 0.15) is 11.1 Å². The van der Waals surface area contributed by atoms with Gasteiger partial charge in [-0.3, -0.25) is 0 Å². The van der Waals surface area contributed by atoms with Crippen molar-refractivity contribution in [3.05, 3.63) is 61.5 Å². The minimum atomic E-state index is 0.106. The second-order valence-electron chi connectivity index (χ2n) is 3.86. The molecule has 0 N–H and O–H groups in total. The van der Waals surface area contributed by atoms with E-state index in [1.54, 1.807) is 24.3 Å². The number of ether oxygens (including phenoxy) is 1. The van der Waals surface area contributed by atoms with Gasteiger partial charge in [0, 0.05) is 15.6 Å². The molecule has 0 radical (unpaired) electrons. The highest BCUT2D eigenvalue weighted by Crippen LogP contribution is 2.32. The van der Waals surface area contributed by atoms with Gasteiger partial charge in [-0.15, -0.1) is 0 Å². The third-order valence-electron chi connectivity index (χ3n) is 2.57. The first-order chi connectivity index (χ1) is 9.52. The average molecular weight is 347 g/mol. The summed E-state index contributed by atoms with van der Waals surface area (Å²) in [5.74, 6) is 0.406. The topological polar surface area (TPSA) is 33.0 Å². The highest BCUT2D eigenvalue weighted by molar-refractivity contribution is 6.44. The maximum Gasteiger partial charge on any atom is 0.137 e. The largest absolute Gasteiger partial charge is 0.487 e. The fourth-order valence-electron chi connectivity index (χ4n) is 1.57. The van der Waals surface area contributed by atoms with Gasteiger partial charge in [0.1, 0.15) is 18.4 Å². The molecule has 2 aromatic carbocycles. The molecule has 0 saturated heterocycles. The maximum absolute atomic E-state index is 9.03. The monoisotopic (exact) mass is 345 g/mol. The van der Waals surface area contributed by atoms with Gasteiger partial charge in [0.05, 0.1) is 15.6 Å². The van der Waals surface area contributed by atoms with Crippen molar-refractivity contribution < 1.29 is 4.74 Å². The molecule has 2 aromatic rings. The minimum absolute atomic E-state index is 0.106. The van der Waals surface area contributed by atoms with Crippen LogP contribution in [0, 0.1) is 11.3 Å². The normalized spacial score (nSPS) is 10.2. The van der Waals surface area contributed by atoms with Crippen LogP contribution < -0.4 is 4.74 Å². The summed E-state index contributed by atoms with van der Waals surface area (Å²) < 4.78 is 5.58. The average Bonchev–Trinajstić information content (AvgIpc) is 2.44. The van der Waals surface area contributed by atoms with Gasteiger partial charge in [0.15, 0.2) is 0 Å². The molecule has 0 heterocycles. The highest BCUT2D eigenvalue weighted by atomic mass is 35.5.